The summed E-state index contributed by atoms with van der Waals surface area (Å²) in [6.07, 6.45) is 3.88. The fourth-order valence-corrected chi connectivity index (χ4v) is 1.55. The molecule has 0 aliphatic heterocycles. The van der Waals surface area contributed by atoms with Gasteiger partial charge in [0.25, 0.3) is 0 Å². The first kappa shape index (κ1) is 13.6. The monoisotopic (exact) mass is 283 g/mol. The van der Waals surface area contributed by atoms with E-state index >= 15 is 0 Å². The Morgan fingerprint density at radius 3 is 2.44 bits per heavy atom. The van der Waals surface area contributed by atoms with Crippen LogP contribution in [0.25, 0.3) is 0 Å². The number of halogens is 3. The highest BCUT2D eigenvalue weighted by Crippen LogP contribution is 2.36. The van der Waals surface area contributed by atoms with Gasteiger partial charge in [-0.15, -0.1) is 0 Å². The van der Waals surface area contributed by atoms with Gasteiger partial charge >= 0.3 is 0 Å². The van der Waals surface area contributed by atoms with Crippen LogP contribution in [0.5, 0.6) is 0 Å². The van der Waals surface area contributed by atoms with E-state index in [4.69, 9.17) is 34.8 Å². The van der Waals surface area contributed by atoms with E-state index in [1.807, 2.05) is 0 Å². The topological polar surface area (TPSA) is 46.9 Å². The maximum Gasteiger partial charge on any atom is 0.229 e. The van der Waals surface area contributed by atoms with Crippen molar-refractivity contribution >= 4 is 40.7 Å². The molecule has 0 aromatic carbocycles. The van der Waals surface area contributed by atoms with Crippen LogP contribution >= 0.6 is 34.8 Å². The van der Waals surface area contributed by atoms with Crippen LogP contribution < -0.4 is 5.32 Å². The van der Waals surface area contributed by atoms with Crippen molar-refractivity contribution in [3.63, 3.8) is 0 Å². The number of nitrogens with zero attached hydrogens (tertiary/aromatic N) is 2. The number of carbonyl (C=O) groups is 1. The van der Waals surface area contributed by atoms with Gasteiger partial charge in [0.15, 0.2) is 6.17 Å². The summed E-state index contributed by atoms with van der Waals surface area (Å²) in [5.74, 6) is -0.372. The number of hydrogen-bond acceptors (Lipinski definition) is 2. The zero-order valence-corrected chi connectivity index (χ0v) is 11.1. The smallest absolute Gasteiger partial charge is 0.229 e. The van der Waals surface area contributed by atoms with E-state index in [9.17, 15) is 4.79 Å². The molecule has 0 bridgehead atoms. The first-order chi connectivity index (χ1) is 7.32. The molecule has 1 amide bonds. The highest BCUT2D eigenvalue weighted by atomic mass is 35.6. The number of carbonyl (C=O) groups excluding carboxylic acids is 1. The number of hydrogen-bond donors (Lipinski definition) is 1. The number of imidazole rings is 1. The summed E-state index contributed by atoms with van der Waals surface area (Å²) in [7, 11) is 0. The van der Waals surface area contributed by atoms with Gasteiger partial charge in [-0.3, -0.25) is 4.79 Å². The Balaban J connectivity index is 2.86. The van der Waals surface area contributed by atoms with E-state index < -0.39 is 9.96 Å². The van der Waals surface area contributed by atoms with Gasteiger partial charge in [-0.2, -0.15) is 0 Å². The lowest BCUT2D eigenvalue weighted by atomic mass is 10.2. The lowest BCUT2D eigenvalue weighted by Crippen LogP contribution is -2.41. The fourth-order valence-electron chi connectivity index (χ4n) is 1.05. The standard InChI is InChI=1S/C9H12Cl3N3O/c1-6(2)7(16)14-8(9(10,11)12)15-4-3-13-5-15/h3-6,8H,1-2H3,(H,14,16). The number of aromatic nitrogens is 2. The Hall–Kier alpha value is -0.450. The van der Waals surface area contributed by atoms with Crippen molar-refractivity contribution in [1.82, 2.24) is 14.9 Å². The molecule has 7 heteroatoms. The molecule has 1 atom stereocenters. The predicted octanol–water partition coefficient (Wildman–Crippen LogP) is 2.52. The Morgan fingerprint density at radius 1 is 1.44 bits per heavy atom. The second-order valence-corrected chi connectivity index (χ2v) is 5.99. The summed E-state index contributed by atoms with van der Waals surface area (Å²) in [4.78, 5) is 15.4. The van der Waals surface area contributed by atoms with Crippen molar-refractivity contribution in [3.8, 4) is 0 Å². The van der Waals surface area contributed by atoms with E-state index in [0.29, 0.717) is 0 Å². The summed E-state index contributed by atoms with van der Waals surface area (Å²) < 4.78 is -0.0987. The van der Waals surface area contributed by atoms with Gasteiger partial charge in [0.2, 0.25) is 9.70 Å². The molecule has 1 rings (SSSR count). The normalized spacial score (nSPS) is 13.9. The third kappa shape index (κ3) is 3.54. The maximum atomic E-state index is 11.6. The van der Waals surface area contributed by atoms with Crippen molar-refractivity contribution in [1.29, 1.82) is 0 Å². The average molecular weight is 285 g/mol. The molecule has 0 radical (unpaired) electrons. The number of nitrogens with one attached hydrogen (secondary N) is 1. The molecule has 1 aromatic rings. The zero-order chi connectivity index (χ0) is 12.3. The third-order valence-corrected chi connectivity index (χ3v) is 2.56. The molecular formula is C9H12Cl3N3O. The summed E-state index contributed by atoms with van der Waals surface area (Å²) in [5.41, 5.74) is 0. The maximum absolute atomic E-state index is 11.6. The number of amides is 1. The third-order valence-electron chi connectivity index (χ3n) is 1.94. The van der Waals surface area contributed by atoms with Gasteiger partial charge in [-0.25, -0.2) is 4.98 Å². The quantitative estimate of drug-likeness (QED) is 0.867. The first-order valence-corrected chi connectivity index (χ1v) is 5.80. The van der Waals surface area contributed by atoms with Crippen LogP contribution in [0, 0.1) is 5.92 Å². The van der Waals surface area contributed by atoms with Gasteiger partial charge < -0.3 is 9.88 Å². The molecule has 0 saturated carbocycles. The zero-order valence-electron chi connectivity index (χ0n) is 8.82. The lowest BCUT2D eigenvalue weighted by molar-refractivity contribution is -0.125. The van der Waals surface area contributed by atoms with E-state index in [1.54, 1.807) is 26.2 Å². The second-order valence-electron chi connectivity index (χ2n) is 3.62. The minimum Gasteiger partial charge on any atom is -0.332 e. The predicted molar refractivity (Wildman–Crippen MR) is 64.5 cm³/mol. The first-order valence-electron chi connectivity index (χ1n) is 4.67. The molecule has 1 aromatic heterocycles. The van der Waals surface area contributed by atoms with E-state index in [2.05, 4.69) is 10.3 Å². The van der Waals surface area contributed by atoms with Crippen molar-refractivity contribution in [3.05, 3.63) is 18.7 Å². The van der Waals surface area contributed by atoms with Gasteiger partial charge in [0.05, 0.1) is 6.33 Å². The molecular weight excluding hydrogens is 272 g/mol. The van der Waals surface area contributed by atoms with Crippen molar-refractivity contribution in [2.45, 2.75) is 23.8 Å². The van der Waals surface area contributed by atoms with E-state index in [1.165, 1.54) is 10.9 Å². The van der Waals surface area contributed by atoms with Crippen LogP contribution in [-0.4, -0.2) is 19.3 Å². The minimum atomic E-state index is -1.63. The highest BCUT2D eigenvalue weighted by molar-refractivity contribution is 6.67. The summed E-state index contributed by atoms with van der Waals surface area (Å²) in [6.45, 7) is 3.53. The summed E-state index contributed by atoms with van der Waals surface area (Å²) >= 11 is 17.4. The average Bonchev–Trinajstić information content (AvgIpc) is 2.63. The van der Waals surface area contributed by atoms with Gasteiger partial charge in [0.1, 0.15) is 0 Å². The number of alkyl halides is 3. The molecule has 1 N–H and O–H groups in total. The fraction of sp³-hybridized carbons (Fsp3) is 0.556. The molecule has 0 aliphatic carbocycles. The molecule has 1 heterocycles. The van der Waals surface area contributed by atoms with Crippen LogP contribution in [-0.2, 0) is 4.79 Å². The van der Waals surface area contributed by atoms with Crippen LogP contribution in [0.4, 0.5) is 0 Å². The largest absolute Gasteiger partial charge is 0.332 e. The van der Waals surface area contributed by atoms with E-state index in [0.717, 1.165) is 0 Å². The Labute approximate surface area is 109 Å². The van der Waals surface area contributed by atoms with Crippen molar-refractivity contribution in [2.75, 3.05) is 0 Å². The SMILES string of the molecule is CC(C)C(=O)NC(n1ccnc1)C(Cl)(Cl)Cl. The van der Waals surface area contributed by atoms with E-state index in [-0.39, 0.29) is 11.8 Å². The molecule has 16 heavy (non-hydrogen) atoms. The molecule has 90 valence electrons. The van der Waals surface area contributed by atoms with Gasteiger partial charge in [0, 0.05) is 18.3 Å². The molecule has 4 nitrogen and oxygen atoms in total. The second kappa shape index (κ2) is 5.25. The Morgan fingerprint density at radius 2 is 2.06 bits per heavy atom. The lowest BCUT2D eigenvalue weighted by Gasteiger charge is -2.27. The van der Waals surface area contributed by atoms with Crippen LogP contribution in [0.1, 0.15) is 20.0 Å². The number of rotatable bonds is 3. The Bertz CT molecular complexity index is 345. The Kier molecular flexibility index (Phi) is 4.47. The van der Waals surface area contributed by atoms with Gasteiger partial charge in [-0.05, 0) is 0 Å². The molecule has 0 saturated heterocycles. The van der Waals surface area contributed by atoms with Crippen LogP contribution in [0.15, 0.2) is 18.7 Å². The van der Waals surface area contributed by atoms with Crippen LogP contribution in [0.2, 0.25) is 0 Å². The summed E-state index contributed by atoms with van der Waals surface area (Å²) in [6, 6.07) is 0. The van der Waals surface area contributed by atoms with Crippen LogP contribution in [0.3, 0.4) is 0 Å². The molecule has 0 spiro atoms. The molecule has 0 aliphatic rings. The van der Waals surface area contributed by atoms with Crippen molar-refractivity contribution in [2.24, 2.45) is 5.92 Å². The molecule has 1 unspecified atom stereocenters. The highest BCUT2D eigenvalue weighted by Gasteiger charge is 2.35. The van der Waals surface area contributed by atoms with Gasteiger partial charge in [-0.1, -0.05) is 48.7 Å². The molecule has 0 fully saturated rings. The minimum absolute atomic E-state index is 0.182. The van der Waals surface area contributed by atoms with Crippen molar-refractivity contribution < 1.29 is 4.79 Å². The summed E-state index contributed by atoms with van der Waals surface area (Å²) in [5, 5.41) is 2.65.